The maximum Gasteiger partial charge on any atom is 0.241 e. The molecule has 0 amide bonds. The summed E-state index contributed by atoms with van der Waals surface area (Å²) in [7, 11) is -2.51. The number of carbonyl (C=O) groups is 1. The molecule has 0 aliphatic carbocycles. The Labute approximate surface area is 159 Å². The molecule has 2 aromatic carbocycles. The van der Waals surface area contributed by atoms with Gasteiger partial charge in [0.25, 0.3) is 0 Å². The van der Waals surface area contributed by atoms with E-state index in [-0.39, 0.29) is 34.0 Å². The number of aryl methyl sites for hydroxylation is 1. The monoisotopic (exact) mass is 389 g/mol. The highest BCUT2D eigenvalue weighted by Gasteiger charge is 2.28. The predicted molar refractivity (Wildman–Crippen MR) is 103 cm³/mol. The number of Topliss-reactive ketones (excluding diaryl/α,β-unsaturated/α-hetero) is 1. The van der Waals surface area contributed by atoms with E-state index in [0.29, 0.717) is 5.75 Å². The first-order valence-electron chi connectivity index (χ1n) is 8.37. The second kappa shape index (κ2) is 8.37. The van der Waals surface area contributed by atoms with E-state index in [1.807, 2.05) is 6.92 Å². The van der Waals surface area contributed by atoms with Crippen molar-refractivity contribution in [1.29, 1.82) is 0 Å². The Hall–Kier alpha value is -2.64. The summed E-state index contributed by atoms with van der Waals surface area (Å²) in [6.07, 6.45) is 0.159. The molecule has 0 aliphatic heterocycles. The number of ether oxygens (including phenoxy) is 1. The minimum absolute atomic E-state index is 0.0386. The quantitative estimate of drug-likeness (QED) is 0.676. The predicted octanol–water partition coefficient (Wildman–Crippen LogP) is 3.26. The number of ketones is 1. The Morgan fingerprint density at radius 3 is 2.41 bits per heavy atom. The fourth-order valence-electron chi connectivity index (χ4n) is 2.54. The molecule has 0 spiro atoms. The lowest BCUT2D eigenvalue weighted by atomic mass is 9.95. The van der Waals surface area contributed by atoms with Gasteiger partial charge in [0.05, 0.1) is 18.0 Å². The van der Waals surface area contributed by atoms with Gasteiger partial charge in [-0.05, 0) is 37.3 Å². The average molecular weight is 389 g/mol. The van der Waals surface area contributed by atoms with E-state index in [4.69, 9.17) is 4.74 Å². The third-order valence-electron chi connectivity index (χ3n) is 4.18. The van der Waals surface area contributed by atoms with Gasteiger partial charge < -0.3 is 9.84 Å². The van der Waals surface area contributed by atoms with Crippen molar-refractivity contribution in [2.75, 3.05) is 7.11 Å². The van der Waals surface area contributed by atoms with Crippen LogP contribution in [0.4, 0.5) is 0 Å². The third kappa shape index (κ3) is 4.75. The van der Waals surface area contributed by atoms with Crippen LogP contribution in [0.1, 0.15) is 30.5 Å². The minimum atomic E-state index is -3.96. The molecule has 144 valence electrons. The van der Waals surface area contributed by atoms with Crippen molar-refractivity contribution in [3.05, 3.63) is 65.7 Å². The molecule has 1 atom stereocenters. The molecule has 0 saturated carbocycles. The van der Waals surface area contributed by atoms with Gasteiger partial charge in [-0.25, -0.2) is 8.42 Å². The molecule has 0 heterocycles. The molecule has 0 bridgehead atoms. The molecule has 0 saturated heterocycles. The van der Waals surface area contributed by atoms with Crippen LogP contribution in [-0.4, -0.2) is 26.4 Å². The SMILES string of the molecule is C=C(C(=O)CC)[C@@H](NS(=O)(=O)c1ccc(C)cc1)c1cc(OC)ccc1O. The molecular formula is C20H23NO5S. The Balaban J connectivity index is 2.52. The number of phenols is 1. The maximum atomic E-state index is 12.8. The first-order valence-corrected chi connectivity index (χ1v) is 9.85. The molecule has 2 N–H and O–H groups in total. The normalized spacial score (nSPS) is 12.4. The average Bonchev–Trinajstić information content (AvgIpc) is 2.66. The number of phenolic OH excluding ortho intramolecular Hbond substituents is 1. The number of aromatic hydroxyl groups is 1. The molecule has 0 aromatic heterocycles. The number of benzene rings is 2. The van der Waals surface area contributed by atoms with E-state index in [2.05, 4.69) is 11.3 Å². The first-order chi connectivity index (χ1) is 12.7. The standard InChI is InChI=1S/C20H23NO5S/c1-5-18(22)14(3)20(17-12-15(26-4)8-11-19(17)23)21-27(24,25)16-9-6-13(2)7-10-16/h6-12,20-21,23H,3,5H2,1-2,4H3/t20-/m1/s1. The highest BCUT2D eigenvalue weighted by atomic mass is 32.2. The van der Waals surface area contributed by atoms with Gasteiger partial charge in [-0.2, -0.15) is 4.72 Å². The van der Waals surface area contributed by atoms with E-state index in [1.165, 1.54) is 37.4 Å². The van der Waals surface area contributed by atoms with Gasteiger partial charge in [0.15, 0.2) is 5.78 Å². The van der Waals surface area contributed by atoms with Crippen LogP contribution in [0.15, 0.2) is 59.5 Å². The summed E-state index contributed by atoms with van der Waals surface area (Å²) in [5.41, 5.74) is 1.15. The van der Waals surface area contributed by atoms with Crippen molar-refractivity contribution < 1.29 is 23.1 Å². The molecule has 0 radical (unpaired) electrons. The zero-order chi connectivity index (χ0) is 20.2. The molecule has 6 nitrogen and oxygen atoms in total. The van der Waals surface area contributed by atoms with Crippen LogP contribution in [-0.2, 0) is 14.8 Å². The second-order valence-corrected chi connectivity index (χ2v) is 7.81. The van der Waals surface area contributed by atoms with Crippen LogP contribution in [0.5, 0.6) is 11.5 Å². The summed E-state index contributed by atoms with van der Waals surface area (Å²) in [5.74, 6) is -0.0645. The highest BCUT2D eigenvalue weighted by Crippen LogP contribution is 2.33. The first kappa shape index (κ1) is 20.7. The van der Waals surface area contributed by atoms with Crippen molar-refractivity contribution in [2.45, 2.75) is 31.2 Å². The van der Waals surface area contributed by atoms with Gasteiger partial charge in [-0.3, -0.25) is 4.79 Å². The van der Waals surface area contributed by atoms with Crippen LogP contribution >= 0.6 is 0 Å². The number of nitrogens with one attached hydrogen (secondary N) is 1. The smallest absolute Gasteiger partial charge is 0.241 e. The zero-order valence-electron chi connectivity index (χ0n) is 15.5. The van der Waals surface area contributed by atoms with Gasteiger partial charge in [0.1, 0.15) is 11.5 Å². The van der Waals surface area contributed by atoms with Crippen molar-refractivity contribution >= 4 is 15.8 Å². The maximum absolute atomic E-state index is 12.8. The number of sulfonamides is 1. The number of hydrogen-bond donors (Lipinski definition) is 2. The molecule has 0 fully saturated rings. The molecule has 0 aliphatic rings. The van der Waals surface area contributed by atoms with Crippen molar-refractivity contribution in [1.82, 2.24) is 4.72 Å². The van der Waals surface area contributed by atoms with Crippen molar-refractivity contribution in [3.63, 3.8) is 0 Å². The van der Waals surface area contributed by atoms with Crippen LogP contribution in [0.3, 0.4) is 0 Å². The molecule has 27 heavy (non-hydrogen) atoms. The van der Waals surface area contributed by atoms with Gasteiger partial charge in [-0.1, -0.05) is 31.2 Å². The van der Waals surface area contributed by atoms with Gasteiger partial charge >= 0.3 is 0 Å². The fourth-order valence-corrected chi connectivity index (χ4v) is 3.75. The van der Waals surface area contributed by atoms with Gasteiger partial charge in [-0.15, -0.1) is 0 Å². The van der Waals surface area contributed by atoms with Gasteiger partial charge in [0, 0.05) is 17.6 Å². The summed E-state index contributed by atoms with van der Waals surface area (Å²) in [6, 6.07) is 9.58. The summed E-state index contributed by atoms with van der Waals surface area (Å²) < 4.78 is 33.3. The minimum Gasteiger partial charge on any atom is -0.508 e. The summed E-state index contributed by atoms with van der Waals surface area (Å²) in [5, 5.41) is 10.3. The molecule has 0 unspecified atom stereocenters. The summed E-state index contributed by atoms with van der Waals surface area (Å²) in [6.45, 7) is 7.27. The van der Waals surface area contributed by atoms with Crippen LogP contribution < -0.4 is 9.46 Å². The van der Waals surface area contributed by atoms with Gasteiger partial charge in [0.2, 0.25) is 10.0 Å². The van der Waals surface area contributed by atoms with Crippen molar-refractivity contribution in [3.8, 4) is 11.5 Å². The lowest BCUT2D eigenvalue weighted by Crippen LogP contribution is -2.31. The van der Waals surface area contributed by atoms with E-state index in [0.717, 1.165) is 5.56 Å². The lowest BCUT2D eigenvalue weighted by Gasteiger charge is -2.22. The van der Waals surface area contributed by atoms with E-state index < -0.39 is 16.1 Å². The topological polar surface area (TPSA) is 92.7 Å². The van der Waals surface area contributed by atoms with Crippen LogP contribution in [0.2, 0.25) is 0 Å². The molecule has 2 aromatic rings. The summed E-state index contributed by atoms with van der Waals surface area (Å²) in [4.78, 5) is 12.3. The number of hydrogen-bond acceptors (Lipinski definition) is 5. The van der Waals surface area contributed by atoms with E-state index in [9.17, 15) is 18.3 Å². The Morgan fingerprint density at radius 1 is 1.22 bits per heavy atom. The van der Waals surface area contributed by atoms with Crippen LogP contribution in [0.25, 0.3) is 0 Å². The Morgan fingerprint density at radius 2 is 1.85 bits per heavy atom. The largest absolute Gasteiger partial charge is 0.508 e. The zero-order valence-corrected chi connectivity index (χ0v) is 16.3. The molecule has 2 rings (SSSR count). The molecular weight excluding hydrogens is 366 g/mol. The third-order valence-corrected chi connectivity index (χ3v) is 5.62. The Bertz CT molecular complexity index is 949. The fraction of sp³-hybridized carbons (Fsp3) is 0.250. The van der Waals surface area contributed by atoms with E-state index in [1.54, 1.807) is 19.1 Å². The van der Waals surface area contributed by atoms with E-state index >= 15 is 0 Å². The summed E-state index contributed by atoms with van der Waals surface area (Å²) >= 11 is 0. The second-order valence-electron chi connectivity index (χ2n) is 6.09. The number of rotatable bonds is 8. The number of methoxy groups -OCH3 is 1. The Kier molecular flexibility index (Phi) is 6.41. The molecule has 7 heteroatoms. The van der Waals surface area contributed by atoms with Crippen molar-refractivity contribution in [2.24, 2.45) is 0 Å². The lowest BCUT2D eigenvalue weighted by molar-refractivity contribution is -0.115. The highest BCUT2D eigenvalue weighted by molar-refractivity contribution is 7.89. The van der Waals surface area contributed by atoms with Crippen LogP contribution in [0, 0.1) is 6.92 Å². The number of carbonyl (C=O) groups excluding carboxylic acids is 1.